The van der Waals surface area contributed by atoms with Crippen LogP contribution in [0.4, 0.5) is 0 Å². The lowest BCUT2D eigenvalue weighted by atomic mass is 9.79. The second-order valence-corrected chi connectivity index (χ2v) is 6.57. The summed E-state index contributed by atoms with van der Waals surface area (Å²) in [5, 5.41) is 0. The van der Waals surface area contributed by atoms with Gasteiger partial charge in [0.25, 0.3) is 0 Å². The summed E-state index contributed by atoms with van der Waals surface area (Å²) >= 11 is 0. The number of hydrogen-bond acceptors (Lipinski definition) is 2. The number of nitrogens with two attached hydrogens (primary N) is 1. The highest BCUT2D eigenvalue weighted by Gasteiger charge is 2.36. The van der Waals surface area contributed by atoms with Gasteiger partial charge in [-0.15, -0.1) is 0 Å². The standard InChI is InChI=1S/C15H29NO/c1-12-3-5-14(6-4-12)17-15(11-16)9-7-13(2)8-10-15/h12-14H,3-11,16H2,1-2H3. The van der Waals surface area contributed by atoms with Crippen molar-refractivity contribution in [1.82, 2.24) is 0 Å². The van der Waals surface area contributed by atoms with Crippen molar-refractivity contribution < 1.29 is 4.74 Å². The van der Waals surface area contributed by atoms with Crippen LogP contribution in [-0.2, 0) is 4.74 Å². The highest BCUT2D eigenvalue weighted by atomic mass is 16.5. The van der Waals surface area contributed by atoms with Crippen molar-refractivity contribution >= 4 is 0 Å². The van der Waals surface area contributed by atoms with E-state index in [1.54, 1.807) is 0 Å². The zero-order valence-corrected chi connectivity index (χ0v) is 11.6. The molecule has 0 aromatic carbocycles. The van der Waals surface area contributed by atoms with E-state index in [-0.39, 0.29) is 5.60 Å². The van der Waals surface area contributed by atoms with Crippen molar-refractivity contribution in [2.75, 3.05) is 6.54 Å². The maximum atomic E-state index is 6.44. The molecule has 0 aromatic rings. The van der Waals surface area contributed by atoms with Crippen LogP contribution >= 0.6 is 0 Å². The molecule has 0 aromatic heterocycles. The minimum Gasteiger partial charge on any atom is -0.370 e. The third kappa shape index (κ3) is 3.45. The molecule has 0 heterocycles. The van der Waals surface area contributed by atoms with Gasteiger partial charge in [0.2, 0.25) is 0 Å². The Bertz CT molecular complexity index is 225. The summed E-state index contributed by atoms with van der Waals surface area (Å²) in [6.45, 7) is 5.42. The van der Waals surface area contributed by atoms with Gasteiger partial charge in [0.15, 0.2) is 0 Å². The molecular formula is C15H29NO. The van der Waals surface area contributed by atoms with Crippen LogP contribution in [0.3, 0.4) is 0 Å². The summed E-state index contributed by atoms with van der Waals surface area (Å²) in [4.78, 5) is 0. The summed E-state index contributed by atoms with van der Waals surface area (Å²) in [6.07, 6.45) is 10.6. The Hall–Kier alpha value is -0.0800. The molecule has 0 spiro atoms. The second-order valence-electron chi connectivity index (χ2n) is 6.57. The van der Waals surface area contributed by atoms with E-state index in [0.717, 1.165) is 11.8 Å². The average Bonchev–Trinajstić information content (AvgIpc) is 2.35. The van der Waals surface area contributed by atoms with Gasteiger partial charge >= 0.3 is 0 Å². The average molecular weight is 239 g/mol. The zero-order chi connectivity index (χ0) is 12.3. The summed E-state index contributed by atoms with van der Waals surface area (Å²) in [7, 11) is 0. The van der Waals surface area contributed by atoms with E-state index in [1.807, 2.05) is 0 Å². The van der Waals surface area contributed by atoms with E-state index in [1.165, 1.54) is 51.4 Å². The van der Waals surface area contributed by atoms with Crippen LogP contribution in [-0.4, -0.2) is 18.2 Å². The van der Waals surface area contributed by atoms with Gasteiger partial charge in [0.1, 0.15) is 0 Å². The lowest BCUT2D eigenvalue weighted by molar-refractivity contribution is -0.125. The topological polar surface area (TPSA) is 35.2 Å². The Morgan fingerprint density at radius 3 is 2.00 bits per heavy atom. The maximum Gasteiger partial charge on any atom is 0.0808 e. The fourth-order valence-electron chi connectivity index (χ4n) is 3.36. The Morgan fingerprint density at radius 2 is 1.47 bits per heavy atom. The van der Waals surface area contributed by atoms with Crippen molar-refractivity contribution in [2.24, 2.45) is 17.6 Å². The van der Waals surface area contributed by atoms with E-state index in [0.29, 0.717) is 12.6 Å². The van der Waals surface area contributed by atoms with Crippen molar-refractivity contribution in [2.45, 2.75) is 76.9 Å². The monoisotopic (exact) mass is 239 g/mol. The van der Waals surface area contributed by atoms with Gasteiger partial charge in [-0.3, -0.25) is 0 Å². The predicted molar refractivity (Wildman–Crippen MR) is 71.9 cm³/mol. The van der Waals surface area contributed by atoms with Crippen LogP contribution in [0.2, 0.25) is 0 Å². The van der Waals surface area contributed by atoms with Crippen LogP contribution in [0.15, 0.2) is 0 Å². The molecule has 0 radical (unpaired) electrons. The zero-order valence-electron chi connectivity index (χ0n) is 11.6. The molecule has 2 fully saturated rings. The van der Waals surface area contributed by atoms with E-state index >= 15 is 0 Å². The highest BCUT2D eigenvalue weighted by Crippen LogP contribution is 2.37. The molecule has 2 heteroatoms. The Balaban J connectivity index is 1.86. The van der Waals surface area contributed by atoms with Crippen molar-refractivity contribution in [3.63, 3.8) is 0 Å². The maximum absolute atomic E-state index is 6.44. The van der Waals surface area contributed by atoms with E-state index < -0.39 is 0 Å². The lowest BCUT2D eigenvalue weighted by Gasteiger charge is -2.42. The van der Waals surface area contributed by atoms with Crippen molar-refractivity contribution in [3.05, 3.63) is 0 Å². The van der Waals surface area contributed by atoms with Gasteiger partial charge in [-0.1, -0.05) is 13.8 Å². The van der Waals surface area contributed by atoms with Crippen LogP contribution in [0.1, 0.15) is 65.2 Å². The number of ether oxygens (including phenoxy) is 1. The van der Waals surface area contributed by atoms with Gasteiger partial charge in [0.05, 0.1) is 11.7 Å². The molecule has 0 unspecified atom stereocenters. The molecular weight excluding hydrogens is 210 g/mol. The molecule has 0 amide bonds. The molecule has 2 N–H and O–H groups in total. The quantitative estimate of drug-likeness (QED) is 0.818. The smallest absolute Gasteiger partial charge is 0.0808 e. The third-order valence-corrected chi connectivity index (χ3v) is 4.94. The number of hydrogen-bond donors (Lipinski definition) is 1. The molecule has 0 aliphatic heterocycles. The van der Waals surface area contributed by atoms with Gasteiger partial charge < -0.3 is 10.5 Å². The molecule has 0 bridgehead atoms. The first-order valence-electron chi connectivity index (χ1n) is 7.51. The second kappa shape index (κ2) is 5.71. The molecule has 17 heavy (non-hydrogen) atoms. The fourth-order valence-corrected chi connectivity index (χ4v) is 3.36. The minimum atomic E-state index is 0.0256. The van der Waals surface area contributed by atoms with E-state index in [4.69, 9.17) is 10.5 Å². The molecule has 0 saturated heterocycles. The molecule has 2 aliphatic rings. The minimum absolute atomic E-state index is 0.0256. The Labute approximate surface area is 106 Å². The molecule has 2 aliphatic carbocycles. The van der Waals surface area contributed by atoms with Crippen molar-refractivity contribution in [3.8, 4) is 0 Å². The van der Waals surface area contributed by atoms with Gasteiger partial charge in [-0.25, -0.2) is 0 Å². The first-order chi connectivity index (χ1) is 8.13. The predicted octanol–water partition coefficient (Wildman–Crippen LogP) is 3.49. The van der Waals surface area contributed by atoms with Gasteiger partial charge in [-0.05, 0) is 63.2 Å². The Kier molecular flexibility index (Phi) is 4.48. The molecule has 0 atom stereocenters. The molecule has 2 rings (SSSR count). The number of rotatable bonds is 3. The highest BCUT2D eigenvalue weighted by molar-refractivity contribution is 4.89. The summed E-state index contributed by atoms with van der Waals surface area (Å²) in [5.74, 6) is 1.76. The fraction of sp³-hybridized carbons (Fsp3) is 1.00. The Morgan fingerprint density at radius 1 is 0.941 bits per heavy atom. The molecule has 2 nitrogen and oxygen atoms in total. The van der Waals surface area contributed by atoms with Crippen molar-refractivity contribution in [1.29, 1.82) is 0 Å². The first kappa shape index (κ1) is 13.4. The molecule has 2 saturated carbocycles. The van der Waals surface area contributed by atoms with Gasteiger partial charge in [-0.2, -0.15) is 0 Å². The summed E-state index contributed by atoms with van der Waals surface area (Å²) < 4.78 is 6.44. The third-order valence-electron chi connectivity index (χ3n) is 4.94. The molecule has 100 valence electrons. The van der Waals surface area contributed by atoms with E-state index in [2.05, 4.69) is 13.8 Å². The van der Waals surface area contributed by atoms with Crippen LogP contribution in [0.5, 0.6) is 0 Å². The lowest BCUT2D eigenvalue weighted by Crippen LogP contribution is -2.46. The SMILES string of the molecule is CC1CCC(OC2(CN)CCC(C)CC2)CC1. The summed E-state index contributed by atoms with van der Waals surface area (Å²) in [5.41, 5.74) is 6.03. The van der Waals surface area contributed by atoms with Crippen LogP contribution in [0, 0.1) is 11.8 Å². The van der Waals surface area contributed by atoms with E-state index in [9.17, 15) is 0 Å². The first-order valence-corrected chi connectivity index (χ1v) is 7.51. The van der Waals surface area contributed by atoms with Crippen LogP contribution in [0.25, 0.3) is 0 Å². The van der Waals surface area contributed by atoms with Crippen LogP contribution < -0.4 is 5.73 Å². The normalized spacial score (nSPS) is 43.6. The summed E-state index contributed by atoms with van der Waals surface area (Å²) in [6, 6.07) is 0. The largest absolute Gasteiger partial charge is 0.370 e. The van der Waals surface area contributed by atoms with Gasteiger partial charge in [0, 0.05) is 6.54 Å².